The summed E-state index contributed by atoms with van der Waals surface area (Å²) in [7, 11) is 0. The Morgan fingerprint density at radius 1 is 0.920 bits per heavy atom. The number of rotatable bonds is 5. The number of carbonyl (C=O) groups excluding carboxylic acids is 2. The van der Waals surface area contributed by atoms with E-state index in [9.17, 15) is 9.59 Å². The third-order valence-electron chi connectivity index (χ3n) is 6.67. The highest BCUT2D eigenvalue weighted by molar-refractivity contribution is 5.80. The second-order valence-corrected chi connectivity index (χ2v) is 8.82. The van der Waals surface area contributed by atoms with Crippen molar-refractivity contribution in [3.05, 3.63) is 0 Å². The highest BCUT2D eigenvalue weighted by Gasteiger charge is 2.31. The van der Waals surface area contributed by atoms with Crippen LogP contribution in [0.15, 0.2) is 0 Å². The summed E-state index contributed by atoms with van der Waals surface area (Å²) in [4.78, 5) is 24.8. The average Bonchev–Trinajstić information content (AvgIpc) is 3.16. The lowest BCUT2D eigenvalue weighted by Gasteiger charge is -2.35. The SMILES string of the molecule is CC1(CNC(=O)C2CCC(NC(=O)C3CCCC3)CC2)CCNCC1. The van der Waals surface area contributed by atoms with Crippen LogP contribution in [0.1, 0.15) is 71.1 Å². The van der Waals surface area contributed by atoms with E-state index in [2.05, 4.69) is 22.9 Å². The van der Waals surface area contributed by atoms with Crippen LogP contribution in [-0.4, -0.2) is 37.5 Å². The lowest BCUT2D eigenvalue weighted by atomic mass is 9.80. The lowest BCUT2D eigenvalue weighted by molar-refractivity contribution is -0.127. The Morgan fingerprint density at radius 3 is 2.16 bits per heavy atom. The summed E-state index contributed by atoms with van der Waals surface area (Å²) in [5, 5.41) is 9.83. The predicted octanol–water partition coefficient (Wildman–Crippen LogP) is 2.36. The number of carbonyl (C=O) groups is 2. The fraction of sp³-hybridized carbons (Fsp3) is 0.900. The van der Waals surface area contributed by atoms with Crippen molar-refractivity contribution in [2.24, 2.45) is 17.3 Å². The molecule has 0 spiro atoms. The third-order valence-corrected chi connectivity index (χ3v) is 6.67. The topological polar surface area (TPSA) is 70.2 Å². The van der Waals surface area contributed by atoms with Crippen molar-refractivity contribution in [2.45, 2.75) is 77.2 Å². The predicted molar refractivity (Wildman–Crippen MR) is 99.1 cm³/mol. The first-order valence-electron chi connectivity index (χ1n) is 10.3. The van der Waals surface area contributed by atoms with Gasteiger partial charge in [-0.25, -0.2) is 0 Å². The molecule has 3 N–H and O–H groups in total. The van der Waals surface area contributed by atoms with Crippen molar-refractivity contribution in [1.29, 1.82) is 0 Å². The van der Waals surface area contributed by atoms with E-state index < -0.39 is 0 Å². The van der Waals surface area contributed by atoms with E-state index in [1.807, 2.05) is 0 Å². The molecule has 2 aliphatic carbocycles. The Labute approximate surface area is 152 Å². The lowest BCUT2D eigenvalue weighted by Crippen LogP contribution is -2.46. The first-order valence-corrected chi connectivity index (χ1v) is 10.3. The Hall–Kier alpha value is -1.10. The number of piperidine rings is 1. The first-order chi connectivity index (χ1) is 12.1. The van der Waals surface area contributed by atoms with Crippen molar-refractivity contribution < 1.29 is 9.59 Å². The molecule has 2 saturated carbocycles. The highest BCUT2D eigenvalue weighted by atomic mass is 16.2. The van der Waals surface area contributed by atoms with Crippen molar-refractivity contribution >= 4 is 11.8 Å². The summed E-state index contributed by atoms with van der Waals surface area (Å²) in [6.45, 7) is 5.19. The highest BCUT2D eigenvalue weighted by Crippen LogP contribution is 2.29. The van der Waals surface area contributed by atoms with Crippen molar-refractivity contribution in [1.82, 2.24) is 16.0 Å². The molecule has 3 aliphatic rings. The van der Waals surface area contributed by atoms with Crippen LogP contribution < -0.4 is 16.0 Å². The van der Waals surface area contributed by atoms with Crippen molar-refractivity contribution in [3.8, 4) is 0 Å². The third kappa shape index (κ3) is 5.19. The molecule has 142 valence electrons. The van der Waals surface area contributed by atoms with Crippen LogP contribution in [0.2, 0.25) is 0 Å². The van der Waals surface area contributed by atoms with Crippen LogP contribution in [0.25, 0.3) is 0 Å². The van der Waals surface area contributed by atoms with Gasteiger partial charge in [-0.1, -0.05) is 19.8 Å². The molecule has 0 atom stereocenters. The minimum Gasteiger partial charge on any atom is -0.355 e. The molecule has 0 aromatic carbocycles. The molecule has 2 amide bonds. The fourth-order valence-electron chi connectivity index (χ4n) is 4.66. The van der Waals surface area contributed by atoms with Crippen molar-refractivity contribution in [2.75, 3.05) is 19.6 Å². The number of amides is 2. The van der Waals surface area contributed by atoms with Gasteiger partial charge in [-0.05, 0) is 69.9 Å². The van der Waals surface area contributed by atoms with Gasteiger partial charge in [0, 0.05) is 24.4 Å². The van der Waals surface area contributed by atoms with Gasteiger partial charge < -0.3 is 16.0 Å². The van der Waals surface area contributed by atoms with Crippen LogP contribution in [0, 0.1) is 17.3 Å². The molecule has 1 heterocycles. The molecular formula is C20H35N3O2. The summed E-state index contributed by atoms with van der Waals surface area (Å²) in [5.41, 5.74) is 0.243. The smallest absolute Gasteiger partial charge is 0.223 e. The Morgan fingerprint density at radius 2 is 1.52 bits per heavy atom. The van der Waals surface area contributed by atoms with E-state index in [1.54, 1.807) is 0 Å². The molecule has 0 radical (unpaired) electrons. The Balaban J connectivity index is 1.36. The van der Waals surface area contributed by atoms with Gasteiger partial charge in [0.2, 0.25) is 11.8 Å². The fourth-order valence-corrected chi connectivity index (χ4v) is 4.66. The molecule has 1 saturated heterocycles. The van der Waals surface area contributed by atoms with Crippen LogP contribution in [0.5, 0.6) is 0 Å². The molecule has 25 heavy (non-hydrogen) atoms. The van der Waals surface area contributed by atoms with Crippen LogP contribution in [0.4, 0.5) is 0 Å². The van der Waals surface area contributed by atoms with Gasteiger partial charge in [0.1, 0.15) is 0 Å². The number of hydrogen-bond acceptors (Lipinski definition) is 3. The van der Waals surface area contributed by atoms with Crippen LogP contribution >= 0.6 is 0 Å². The maximum absolute atomic E-state index is 12.5. The maximum Gasteiger partial charge on any atom is 0.223 e. The molecule has 1 aliphatic heterocycles. The van der Waals surface area contributed by atoms with Gasteiger partial charge in [-0.3, -0.25) is 9.59 Å². The van der Waals surface area contributed by atoms with Crippen LogP contribution in [-0.2, 0) is 9.59 Å². The molecule has 0 bridgehead atoms. The van der Waals surface area contributed by atoms with Gasteiger partial charge in [0.05, 0.1) is 0 Å². The van der Waals surface area contributed by atoms with Gasteiger partial charge in [0.25, 0.3) is 0 Å². The molecular weight excluding hydrogens is 314 g/mol. The zero-order valence-electron chi connectivity index (χ0n) is 15.7. The zero-order chi connectivity index (χ0) is 17.7. The number of nitrogens with one attached hydrogen (secondary N) is 3. The Bertz CT molecular complexity index is 460. The van der Waals surface area contributed by atoms with Gasteiger partial charge in [-0.15, -0.1) is 0 Å². The quantitative estimate of drug-likeness (QED) is 0.713. The molecule has 0 unspecified atom stereocenters. The van der Waals surface area contributed by atoms with Gasteiger partial charge in [0.15, 0.2) is 0 Å². The summed E-state index contributed by atoms with van der Waals surface area (Å²) >= 11 is 0. The number of hydrogen-bond donors (Lipinski definition) is 3. The largest absolute Gasteiger partial charge is 0.355 e. The normalized spacial score (nSPS) is 30.0. The second kappa shape index (κ2) is 8.52. The van der Waals surface area contributed by atoms with Gasteiger partial charge >= 0.3 is 0 Å². The zero-order valence-corrected chi connectivity index (χ0v) is 15.7. The second-order valence-electron chi connectivity index (χ2n) is 8.82. The van der Waals surface area contributed by atoms with Crippen molar-refractivity contribution in [3.63, 3.8) is 0 Å². The molecule has 0 aromatic rings. The molecule has 3 fully saturated rings. The monoisotopic (exact) mass is 349 g/mol. The van der Waals surface area contributed by atoms with E-state index in [-0.39, 0.29) is 35.1 Å². The summed E-state index contributed by atoms with van der Waals surface area (Å²) < 4.78 is 0. The average molecular weight is 350 g/mol. The summed E-state index contributed by atoms with van der Waals surface area (Å²) in [5.74, 6) is 0.848. The molecule has 5 nitrogen and oxygen atoms in total. The standard InChI is InChI=1S/C20H35N3O2/c1-20(10-12-21-13-11-20)14-22-18(24)16-6-8-17(9-7-16)23-19(25)15-4-2-3-5-15/h15-17,21H,2-14H2,1H3,(H,22,24)(H,23,25). The van der Waals surface area contributed by atoms with E-state index in [0.717, 1.165) is 71.0 Å². The maximum atomic E-state index is 12.5. The summed E-state index contributed by atoms with van der Waals surface area (Å²) in [6.07, 6.45) is 10.4. The van der Waals surface area contributed by atoms with Gasteiger partial charge in [-0.2, -0.15) is 0 Å². The van der Waals surface area contributed by atoms with Crippen LogP contribution in [0.3, 0.4) is 0 Å². The minimum atomic E-state index is 0.130. The molecule has 3 rings (SSSR count). The Kier molecular flexibility index (Phi) is 6.37. The minimum absolute atomic E-state index is 0.130. The van der Waals surface area contributed by atoms with E-state index in [1.165, 1.54) is 12.8 Å². The van der Waals surface area contributed by atoms with E-state index in [0.29, 0.717) is 0 Å². The molecule has 0 aromatic heterocycles. The van der Waals surface area contributed by atoms with E-state index in [4.69, 9.17) is 0 Å². The van der Waals surface area contributed by atoms with E-state index >= 15 is 0 Å². The summed E-state index contributed by atoms with van der Waals surface area (Å²) in [6, 6.07) is 0.277. The first kappa shape index (κ1) is 18.7. The molecule has 5 heteroatoms.